The Morgan fingerprint density at radius 1 is 1.00 bits per heavy atom. The second-order valence-electron chi connectivity index (χ2n) is 5.20. The second-order valence-corrected chi connectivity index (χ2v) is 5.20. The summed E-state index contributed by atoms with van der Waals surface area (Å²) in [5.74, 6) is 0. The zero-order valence-electron chi connectivity index (χ0n) is 12.3. The van der Waals surface area contributed by atoms with E-state index in [1.165, 1.54) is 5.69 Å². The van der Waals surface area contributed by atoms with Gasteiger partial charge in [0, 0.05) is 36.7 Å². The summed E-state index contributed by atoms with van der Waals surface area (Å²) in [5.41, 5.74) is 3.41. The minimum atomic E-state index is 0.951. The maximum atomic E-state index is 4.72. The molecule has 21 heavy (non-hydrogen) atoms. The standard InChI is InChI=1S/C17H20N4/c1-15(16-6-5-9-18-14-16)19-21-12-10-20(11-13-21)17-7-3-2-4-8-17/h2-9,14H,10-13H2,1H3/b19-15-. The van der Waals surface area contributed by atoms with Crippen LogP contribution in [0.4, 0.5) is 5.69 Å². The van der Waals surface area contributed by atoms with Gasteiger partial charge in [-0.1, -0.05) is 24.3 Å². The molecule has 1 aromatic heterocycles. The molecule has 0 unspecified atom stereocenters. The van der Waals surface area contributed by atoms with Crippen molar-refractivity contribution < 1.29 is 0 Å². The normalized spacial score (nSPS) is 16.1. The van der Waals surface area contributed by atoms with E-state index in [0.717, 1.165) is 37.5 Å². The Morgan fingerprint density at radius 3 is 2.43 bits per heavy atom. The molecule has 1 aliphatic rings. The van der Waals surface area contributed by atoms with Gasteiger partial charge < -0.3 is 4.90 Å². The number of piperazine rings is 1. The molecule has 3 rings (SSSR count). The van der Waals surface area contributed by atoms with Crippen LogP contribution in [0.1, 0.15) is 12.5 Å². The van der Waals surface area contributed by atoms with Gasteiger partial charge in [-0.05, 0) is 25.1 Å². The van der Waals surface area contributed by atoms with E-state index in [-0.39, 0.29) is 0 Å². The maximum Gasteiger partial charge on any atom is 0.0662 e. The molecule has 4 nitrogen and oxygen atoms in total. The SMILES string of the molecule is C/C(=N/N1CCN(c2ccccc2)CC1)c1cccnc1. The van der Waals surface area contributed by atoms with Gasteiger partial charge in [0.05, 0.1) is 18.8 Å². The van der Waals surface area contributed by atoms with Crippen molar-refractivity contribution in [3.05, 3.63) is 60.4 Å². The van der Waals surface area contributed by atoms with Gasteiger partial charge in [0.2, 0.25) is 0 Å². The van der Waals surface area contributed by atoms with E-state index < -0.39 is 0 Å². The first-order valence-corrected chi connectivity index (χ1v) is 7.33. The van der Waals surface area contributed by atoms with Crippen LogP contribution in [0.5, 0.6) is 0 Å². The first kappa shape index (κ1) is 13.6. The number of nitrogens with zero attached hydrogens (tertiary/aromatic N) is 4. The van der Waals surface area contributed by atoms with E-state index in [9.17, 15) is 0 Å². The predicted octanol–water partition coefficient (Wildman–Crippen LogP) is 2.63. The molecule has 0 radical (unpaired) electrons. The van der Waals surface area contributed by atoms with Gasteiger partial charge in [0.1, 0.15) is 0 Å². The average Bonchev–Trinajstić information content (AvgIpc) is 2.57. The van der Waals surface area contributed by atoms with Gasteiger partial charge in [-0.15, -0.1) is 0 Å². The highest BCUT2D eigenvalue weighted by atomic mass is 15.5. The molecular weight excluding hydrogens is 260 g/mol. The van der Waals surface area contributed by atoms with Crippen LogP contribution in [0.2, 0.25) is 0 Å². The molecule has 0 aliphatic carbocycles. The van der Waals surface area contributed by atoms with Crippen LogP contribution in [0, 0.1) is 0 Å². The van der Waals surface area contributed by atoms with E-state index in [0.29, 0.717) is 0 Å². The summed E-state index contributed by atoms with van der Waals surface area (Å²) in [6.45, 7) is 5.96. The Bertz CT molecular complexity index is 587. The van der Waals surface area contributed by atoms with Crippen LogP contribution in [-0.2, 0) is 0 Å². The largest absolute Gasteiger partial charge is 0.368 e. The molecule has 0 bridgehead atoms. The molecule has 0 spiro atoms. The van der Waals surface area contributed by atoms with E-state index in [2.05, 4.69) is 45.2 Å². The van der Waals surface area contributed by atoms with Crippen molar-refractivity contribution in [2.45, 2.75) is 6.92 Å². The molecule has 108 valence electrons. The summed E-state index contributed by atoms with van der Waals surface area (Å²) in [4.78, 5) is 6.55. The number of hydrogen-bond acceptors (Lipinski definition) is 4. The summed E-state index contributed by atoms with van der Waals surface area (Å²) in [6, 6.07) is 14.6. The number of para-hydroxylation sites is 1. The smallest absolute Gasteiger partial charge is 0.0662 e. The summed E-state index contributed by atoms with van der Waals surface area (Å²) in [5, 5.41) is 6.87. The molecular formula is C17H20N4. The second kappa shape index (κ2) is 6.39. The molecule has 4 heteroatoms. The molecule has 1 saturated heterocycles. The molecule has 0 amide bonds. The van der Waals surface area contributed by atoms with Gasteiger partial charge in [-0.2, -0.15) is 5.10 Å². The number of benzene rings is 1. The molecule has 0 saturated carbocycles. The summed E-state index contributed by atoms with van der Waals surface area (Å²) in [7, 11) is 0. The molecule has 1 aliphatic heterocycles. The van der Waals surface area contributed by atoms with Crippen molar-refractivity contribution in [2.24, 2.45) is 5.10 Å². The van der Waals surface area contributed by atoms with Gasteiger partial charge in [-0.3, -0.25) is 9.99 Å². The zero-order valence-corrected chi connectivity index (χ0v) is 12.3. The first-order chi connectivity index (χ1) is 10.3. The lowest BCUT2D eigenvalue weighted by molar-refractivity contribution is 0.270. The van der Waals surface area contributed by atoms with Crippen LogP contribution < -0.4 is 4.90 Å². The highest BCUT2D eigenvalue weighted by molar-refractivity contribution is 5.98. The monoisotopic (exact) mass is 280 g/mol. The van der Waals surface area contributed by atoms with Gasteiger partial charge in [0.25, 0.3) is 0 Å². The lowest BCUT2D eigenvalue weighted by Crippen LogP contribution is -2.44. The predicted molar refractivity (Wildman–Crippen MR) is 86.7 cm³/mol. The van der Waals surface area contributed by atoms with Crippen molar-refractivity contribution in [1.29, 1.82) is 0 Å². The number of hydrogen-bond donors (Lipinski definition) is 0. The molecule has 2 aromatic rings. The Kier molecular flexibility index (Phi) is 4.15. The van der Waals surface area contributed by atoms with Crippen LogP contribution in [-0.4, -0.2) is 41.9 Å². The van der Waals surface area contributed by atoms with Crippen molar-refractivity contribution >= 4 is 11.4 Å². The van der Waals surface area contributed by atoms with Crippen molar-refractivity contribution in [2.75, 3.05) is 31.1 Å². The molecule has 2 heterocycles. The highest BCUT2D eigenvalue weighted by Gasteiger charge is 2.15. The Balaban J connectivity index is 1.61. The third-order valence-electron chi connectivity index (χ3n) is 3.75. The highest BCUT2D eigenvalue weighted by Crippen LogP contribution is 2.15. The number of hydrazone groups is 1. The lowest BCUT2D eigenvalue weighted by atomic mass is 10.2. The van der Waals surface area contributed by atoms with E-state index in [1.807, 2.05) is 25.3 Å². The van der Waals surface area contributed by atoms with Crippen molar-refractivity contribution in [1.82, 2.24) is 9.99 Å². The van der Waals surface area contributed by atoms with E-state index >= 15 is 0 Å². The molecule has 1 fully saturated rings. The summed E-state index contributed by atoms with van der Waals surface area (Å²) in [6.07, 6.45) is 3.65. The lowest BCUT2D eigenvalue weighted by Gasteiger charge is -2.34. The van der Waals surface area contributed by atoms with Crippen LogP contribution in [0.15, 0.2) is 60.0 Å². The van der Waals surface area contributed by atoms with Gasteiger partial charge >= 0.3 is 0 Å². The topological polar surface area (TPSA) is 31.7 Å². The molecule has 0 atom stereocenters. The van der Waals surface area contributed by atoms with Crippen LogP contribution in [0.25, 0.3) is 0 Å². The van der Waals surface area contributed by atoms with E-state index in [4.69, 9.17) is 5.10 Å². The fraction of sp³-hybridized carbons (Fsp3) is 0.294. The van der Waals surface area contributed by atoms with Gasteiger partial charge in [-0.25, -0.2) is 0 Å². The quantitative estimate of drug-likeness (QED) is 0.810. The fourth-order valence-electron chi connectivity index (χ4n) is 2.54. The fourth-order valence-corrected chi connectivity index (χ4v) is 2.54. The number of rotatable bonds is 3. The zero-order chi connectivity index (χ0) is 14.5. The number of aromatic nitrogens is 1. The third kappa shape index (κ3) is 3.40. The molecule has 0 N–H and O–H groups in total. The number of pyridine rings is 1. The van der Waals surface area contributed by atoms with Crippen LogP contribution >= 0.6 is 0 Å². The average molecular weight is 280 g/mol. The summed E-state index contributed by atoms with van der Waals surface area (Å²) >= 11 is 0. The Labute approximate surface area is 125 Å². The minimum Gasteiger partial charge on any atom is -0.368 e. The Morgan fingerprint density at radius 2 is 1.76 bits per heavy atom. The third-order valence-corrected chi connectivity index (χ3v) is 3.75. The van der Waals surface area contributed by atoms with Gasteiger partial charge in [0.15, 0.2) is 0 Å². The van der Waals surface area contributed by atoms with Crippen LogP contribution in [0.3, 0.4) is 0 Å². The number of anilines is 1. The first-order valence-electron chi connectivity index (χ1n) is 7.33. The minimum absolute atomic E-state index is 0.951. The molecule has 1 aromatic carbocycles. The van der Waals surface area contributed by atoms with E-state index in [1.54, 1.807) is 6.20 Å². The Hall–Kier alpha value is -2.36. The maximum absolute atomic E-state index is 4.72. The summed E-state index contributed by atoms with van der Waals surface area (Å²) < 4.78 is 0. The van der Waals surface area contributed by atoms with Crippen molar-refractivity contribution in [3.8, 4) is 0 Å². The van der Waals surface area contributed by atoms with Crippen molar-refractivity contribution in [3.63, 3.8) is 0 Å².